The van der Waals surface area contributed by atoms with Crippen LogP contribution in [0.15, 0.2) is 53.5 Å². The van der Waals surface area contributed by atoms with Gasteiger partial charge in [0.25, 0.3) is 0 Å². The Bertz CT molecular complexity index is 641. The Kier molecular flexibility index (Phi) is 5.80. The van der Waals surface area contributed by atoms with Crippen LogP contribution in [0.2, 0.25) is 0 Å². The minimum atomic E-state index is 0.356. The average molecular weight is 299 g/mol. The number of nitrogens with zero attached hydrogens (tertiary/aromatic N) is 1. The molecule has 5 heteroatoms. The topological polar surface area (TPSA) is 68.9 Å². The third-order valence-electron chi connectivity index (χ3n) is 3.19. The number of hydrogen-bond donors (Lipinski definition) is 2. The van der Waals surface area contributed by atoms with Crippen LogP contribution in [0.25, 0.3) is 0 Å². The van der Waals surface area contributed by atoms with Crippen LogP contribution < -0.4 is 15.8 Å². The van der Waals surface area contributed by atoms with Gasteiger partial charge in [0.2, 0.25) is 0 Å². The summed E-state index contributed by atoms with van der Waals surface area (Å²) in [5.74, 6) is 1.16. The van der Waals surface area contributed by atoms with Gasteiger partial charge in [-0.1, -0.05) is 36.4 Å². The van der Waals surface area contributed by atoms with Crippen molar-refractivity contribution in [3.63, 3.8) is 0 Å². The maximum Gasteiger partial charge on any atom is 0.193 e. The van der Waals surface area contributed by atoms with E-state index in [1.54, 1.807) is 14.2 Å². The lowest BCUT2D eigenvalue weighted by atomic mass is 10.2. The summed E-state index contributed by atoms with van der Waals surface area (Å²) in [5, 5.41) is 3.11. The van der Waals surface area contributed by atoms with Crippen molar-refractivity contribution >= 4 is 11.6 Å². The quantitative estimate of drug-likeness (QED) is 0.635. The molecule has 0 saturated carbocycles. The molecule has 0 radical (unpaired) electrons. The summed E-state index contributed by atoms with van der Waals surface area (Å²) in [5.41, 5.74) is 8.88. The molecule has 0 aliphatic carbocycles. The van der Waals surface area contributed by atoms with Crippen molar-refractivity contribution in [1.82, 2.24) is 0 Å². The number of hydrogen-bond acceptors (Lipinski definition) is 3. The Morgan fingerprint density at radius 1 is 1.05 bits per heavy atom. The molecule has 3 N–H and O–H groups in total. The number of aliphatic imine (C=N–C) groups is 1. The second kappa shape index (κ2) is 8.05. The molecule has 0 heterocycles. The lowest BCUT2D eigenvalue weighted by Crippen LogP contribution is -2.23. The van der Waals surface area contributed by atoms with E-state index in [9.17, 15) is 0 Å². The van der Waals surface area contributed by atoms with Gasteiger partial charge in [0.05, 0.1) is 20.3 Å². The van der Waals surface area contributed by atoms with E-state index in [0.29, 0.717) is 19.1 Å². The number of rotatable bonds is 6. The minimum absolute atomic E-state index is 0.356. The summed E-state index contributed by atoms with van der Waals surface area (Å²) in [7, 11) is 3.31. The van der Waals surface area contributed by atoms with E-state index in [4.69, 9.17) is 15.2 Å². The maximum atomic E-state index is 5.97. The summed E-state index contributed by atoms with van der Waals surface area (Å²) in [4.78, 5) is 4.36. The van der Waals surface area contributed by atoms with Crippen LogP contribution >= 0.6 is 0 Å². The van der Waals surface area contributed by atoms with Gasteiger partial charge >= 0.3 is 0 Å². The minimum Gasteiger partial charge on any atom is -0.496 e. The highest BCUT2D eigenvalue weighted by atomic mass is 16.5. The van der Waals surface area contributed by atoms with E-state index in [1.807, 2.05) is 48.5 Å². The van der Waals surface area contributed by atoms with E-state index in [1.165, 1.54) is 0 Å². The van der Waals surface area contributed by atoms with Crippen LogP contribution in [0.4, 0.5) is 5.69 Å². The Labute approximate surface area is 130 Å². The van der Waals surface area contributed by atoms with E-state index in [2.05, 4.69) is 10.3 Å². The van der Waals surface area contributed by atoms with Crippen molar-refractivity contribution in [3.8, 4) is 5.75 Å². The number of benzene rings is 2. The molecule has 0 fully saturated rings. The fourth-order valence-electron chi connectivity index (χ4n) is 2.11. The third-order valence-corrected chi connectivity index (χ3v) is 3.19. The van der Waals surface area contributed by atoms with Crippen LogP contribution in [0.1, 0.15) is 11.1 Å². The van der Waals surface area contributed by atoms with E-state index < -0.39 is 0 Å². The predicted molar refractivity (Wildman–Crippen MR) is 89.1 cm³/mol. The zero-order valence-corrected chi connectivity index (χ0v) is 12.9. The van der Waals surface area contributed by atoms with Crippen molar-refractivity contribution in [2.24, 2.45) is 10.7 Å². The molecule has 0 aromatic heterocycles. The van der Waals surface area contributed by atoms with Crippen molar-refractivity contribution in [2.75, 3.05) is 19.5 Å². The molecule has 0 atom stereocenters. The summed E-state index contributed by atoms with van der Waals surface area (Å²) in [6.45, 7) is 0.970. The van der Waals surface area contributed by atoms with Gasteiger partial charge in [0.15, 0.2) is 5.96 Å². The van der Waals surface area contributed by atoms with Crippen molar-refractivity contribution in [1.29, 1.82) is 0 Å². The predicted octanol–water partition coefficient (Wildman–Crippen LogP) is 2.77. The van der Waals surface area contributed by atoms with Crippen molar-refractivity contribution in [2.45, 2.75) is 13.2 Å². The van der Waals surface area contributed by atoms with Crippen LogP contribution in [-0.2, 0) is 17.9 Å². The first kappa shape index (κ1) is 15.9. The number of nitrogens with two attached hydrogens (primary N) is 1. The number of para-hydroxylation sites is 2. The zero-order chi connectivity index (χ0) is 15.8. The maximum absolute atomic E-state index is 5.97. The summed E-state index contributed by atoms with van der Waals surface area (Å²) < 4.78 is 10.5. The number of guanidine groups is 1. The molecule has 2 aromatic carbocycles. The fraction of sp³-hybridized carbons (Fsp3) is 0.235. The molecular formula is C17H21N3O2. The Morgan fingerprint density at radius 3 is 2.45 bits per heavy atom. The molecule has 0 aliphatic heterocycles. The summed E-state index contributed by atoms with van der Waals surface area (Å²) in [6.07, 6.45) is 0. The number of ether oxygens (including phenoxy) is 2. The highest BCUT2D eigenvalue weighted by Gasteiger charge is 2.04. The number of nitrogens with one attached hydrogen (secondary N) is 1. The van der Waals surface area contributed by atoms with Crippen LogP contribution in [0, 0.1) is 0 Å². The molecule has 116 valence electrons. The standard InChI is InChI=1S/C17H21N3O2/c1-21-12-14-8-3-5-9-15(14)20-17(18)19-11-13-7-4-6-10-16(13)22-2/h3-10H,11-12H2,1-2H3,(H3,18,19,20). The summed E-state index contributed by atoms with van der Waals surface area (Å²) >= 11 is 0. The van der Waals surface area contributed by atoms with Crippen molar-refractivity contribution < 1.29 is 9.47 Å². The molecule has 0 aliphatic rings. The molecule has 0 spiro atoms. The number of anilines is 1. The molecule has 2 rings (SSSR count). The van der Waals surface area contributed by atoms with Crippen LogP contribution in [-0.4, -0.2) is 20.2 Å². The van der Waals surface area contributed by atoms with Gasteiger partial charge in [-0.2, -0.15) is 0 Å². The van der Waals surface area contributed by atoms with Gasteiger partial charge in [0, 0.05) is 23.9 Å². The van der Waals surface area contributed by atoms with Gasteiger partial charge in [-0.25, -0.2) is 4.99 Å². The van der Waals surface area contributed by atoms with Gasteiger partial charge in [-0.05, 0) is 12.1 Å². The molecule has 0 amide bonds. The van der Waals surface area contributed by atoms with Gasteiger partial charge in [-0.15, -0.1) is 0 Å². The van der Waals surface area contributed by atoms with Crippen LogP contribution in [0.5, 0.6) is 5.75 Å². The monoisotopic (exact) mass is 299 g/mol. The molecule has 5 nitrogen and oxygen atoms in total. The largest absolute Gasteiger partial charge is 0.496 e. The first-order valence-electron chi connectivity index (χ1n) is 7.00. The third kappa shape index (κ3) is 4.23. The van der Waals surface area contributed by atoms with Gasteiger partial charge in [0.1, 0.15) is 5.75 Å². The Balaban J connectivity index is 2.07. The molecule has 22 heavy (non-hydrogen) atoms. The second-order valence-corrected chi connectivity index (χ2v) is 4.73. The summed E-state index contributed by atoms with van der Waals surface area (Å²) in [6, 6.07) is 15.6. The molecular weight excluding hydrogens is 278 g/mol. The number of methoxy groups -OCH3 is 2. The van der Waals surface area contributed by atoms with Gasteiger partial charge < -0.3 is 20.5 Å². The molecule has 0 bridgehead atoms. The Hall–Kier alpha value is -2.53. The zero-order valence-electron chi connectivity index (χ0n) is 12.9. The molecule has 0 saturated heterocycles. The highest BCUT2D eigenvalue weighted by molar-refractivity contribution is 5.92. The first-order chi connectivity index (χ1) is 10.7. The van der Waals surface area contributed by atoms with E-state index in [0.717, 1.165) is 22.6 Å². The Morgan fingerprint density at radius 2 is 1.73 bits per heavy atom. The lowest BCUT2D eigenvalue weighted by Gasteiger charge is -2.11. The average Bonchev–Trinajstić information content (AvgIpc) is 2.55. The lowest BCUT2D eigenvalue weighted by molar-refractivity contribution is 0.185. The van der Waals surface area contributed by atoms with E-state index in [-0.39, 0.29) is 0 Å². The fourth-order valence-corrected chi connectivity index (χ4v) is 2.11. The van der Waals surface area contributed by atoms with E-state index >= 15 is 0 Å². The van der Waals surface area contributed by atoms with Crippen molar-refractivity contribution in [3.05, 3.63) is 59.7 Å². The van der Waals surface area contributed by atoms with Gasteiger partial charge in [-0.3, -0.25) is 0 Å². The highest BCUT2D eigenvalue weighted by Crippen LogP contribution is 2.18. The second-order valence-electron chi connectivity index (χ2n) is 4.73. The van der Waals surface area contributed by atoms with Crippen LogP contribution in [0.3, 0.4) is 0 Å². The molecule has 2 aromatic rings. The SMILES string of the molecule is COCc1ccccc1NC(N)=NCc1ccccc1OC. The normalized spacial score (nSPS) is 11.3. The molecule has 0 unspecified atom stereocenters. The first-order valence-corrected chi connectivity index (χ1v) is 7.00. The smallest absolute Gasteiger partial charge is 0.193 e.